The Hall–Kier alpha value is 3.19. The standard InChI is InChI=1S/C62H130O12S8Si4/c1-15-63-83(64-16-2,65-17-3)49-29-41-75-55(13)61-35-27-33-57(53-59(61)39-47-81-77-43-31-51-85(69-21-7,70-22-8)71-23-9)37-45-79-80-46-38-58-34-28-36-62(56(14)76-42-30-50-84(66-18-4,67-19-5)68-20-6)60(54-58)40-48-82-78-44-32-52-86(72-24-10,73-25-11)74-26-12/h55-62H,15-54H2,1-14H3. The molecule has 2 aliphatic rings. The van der Waals surface area contributed by atoms with Crippen LogP contribution < -0.4 is 0 Å². The summed E-state index contributed by atoms with van der Waals surface area (Å²) in [7, 11) is 2.19. The van der Waals surface area contributed by atoms with E-state index in [4.69, 9.17) is 53.1 Å². The Balaban J connectivity index is 2.07. The Labute approximate surface area is 567 Å². The molecule has 2 rings (SSSR count). The summed E-state index contributed by atoms with van der Waals surface area (Å²) in [4.78, 5) is 0. The summed E-state index contributed by atoms with van der Waals surface area (Å²) in [6.45, 7) is 37.5. The van der Waals surface area contributed by atoms with Crippen molar-refractivity contribution >= 4 is 124 Å². The van der Waals surface area contributed by atoms with Gasteiger partial charge in [-0.15, -0.1) is 0 Å². The van der Waals surface area contributed by atoms with Crippen molar-refractivity contribution in [3.05, 3.63) is 0 Å². The highest BCUT2D eigenvalue weighted by Gasteiger charge is 2.43. The Kier molecular flexibility index (Phi) is 53.8. The van der Waals surface area contributed by atoms with Gasteiger partial charge in [-0.1, -0.05) is 104 Å². The van der Waals surface area contributed by atoms with E-state index < -0.39 is 35.2 Å². The smallest absolute Gasteiger partial charge is 0.374 e. The quantitative estimate of drug-likeness (QED) is 0.0249. The average molecular weight is 1440 g/mol. The van der Waals surface area contributed by atoms with Crippen LogP contribution in [0.15, 0.2) is 0 Å². The van der Waals surface area contributed by atoms with Crippen molar-refractivity contribution in [1.82, 2.24) is 0 Å². The molecule has 0 saturated heterocycles. The first kappa shape index (κ1) is 85.3. The summed E-state index contributed by atoms with van der Waals surface area (Å²) in [6, 6.07) is 3.60. The van der Waals surface area contributed by atoms with Crippen LogP contribution in [0.2, 0.25) is 24.2 Å². The zero-order valence-electron chi connectivity index (χ0n) is 57.1. The summed E-state index contributed by atoms with van der Waals surface area (Å²) in [5.41, 5.74) is 0. The second-order valence-electron chi connectivity index (χ2n) is 22.5. The van der Waals surface area contributed by atoms with Crippen molar-refractivity contribution < 1.29 is 53.1 Å². The third-order valence-electron chi connectivity index (χ3n) is 16.4. The first-order chi connectivity index (χ1) is 41.8. The second kappa shape index (κ2) is 54.2. The van der Waals surface area contributed by atoms with Gasteiger partial charge in [0.15, 0.2) is 0 Å². The predicted octanol–water partition coefficient (Wildman–Crippen LogP) is 19.5. The molecule has 0 heterocycles. The third-order valence-corrected chi connectivity index (χ3v) is 39.3. The highest BCUT2D eigenvalue weighted by Crippen LogP contribution is 2.45. The Morgan fingerprint density at radius 2 is 0.535 bits per heavy atom. The average Bonchev–Trinajstić information content (AvgIpc) is 4.00. The monoisotopic (exact) mass is 1430 g/mol. The molecule has 514 valence electrons. The SMILES string of the molecule is CCO[Si](CCCSSCCC1CC(CCSSCCC2CCCC(C(C)SCCC[Si](OCC)(OCC)OCC)C(CCSSCCC[Si](OCC)(OCC)OCC)C2)CCCC1C(C)SCCC[Si](OCC)(OCC)OCC)(OCC)OCC. The van der Waals surface area contributed by atoms with Gasteiger partial charge in [0.05, 0.1) is 0 Å². The minimum absolute atomic E-state index is 0.640. The Morgan fingerprint density at radius 3 is 0.791 bits per heavy atom. The molecule has 2 saturated carbocycles. The van der Waals surface area contributed by atoms with Gasteiger partial charge in [-0.05, 0) is 207 Å². The van der Waals surface area contributed by atoms with Crippen LogP contribution in [0.4, 0.5) is 0 Å². The lowest BCUT2D eigenvalue weighted by molar-refractivity contribution is 0.0704. The lowest BCUT2D eigenvalue weighted by atomic mass is 9.81. The number of hydrogen-bond donors (Lipinski definition) is 0. The largest absolute Gasteiger partial charge is 0.500 e. The molecular formula is C62H130O12S8Si4. The van der Waals surface area contributed by atoms with E-state index in [9.17, 15) is 0 Å². The Morgan fingerprint density at radius 1 is 0.302 bits per heavy atom. The van der Waals surface area contributed by atoms with E-state index in [1.165, 1.54) is 100 Å². The number of hydrogen-bond acceptors (Lipinski definition) is 20. The maximum Gasteiger partial charge on any atom is 0.500 e. The van der Waals surface area contributed by atoms with E-state index in [2.05, 4.69) is 164 Å². The van der Waals surface area contributed by atoms with Crippen molar-refractivity contribution in [3.8, 4) is 0 Å². The first-order valence-corrected chi connectivity index (χ1v) is 51.8. The molecule has 86 heavy (non-hydrogen) atoms. The van der Waals surface area contributed by atoms with Crippen LogP contribution in [-0.2, 0) is 53.1 Å². The van der Waals surface area contributed by atoms with E-state index >= 15 is 0 Å². The van der Waals surface area contributed by atoms with Crippen LogP contribution in [0.5, 0.6) is 0 Å². The molecule has 0 spiro atoms. The number of thioether (sulfide) groups is 2. The molecule has 8 unspecified atom stereocenters. The van der Waals surface area contributed by atoms with E-state index in [1.54, 1.807) is 0 Å². The van der Waals surface area contributed by atoms with Crippen LogP contribution in [0.25, 0.3) is 0 Å². The van der Waals surface area contributed by atoms with E-state index in [-0.39, 0.29) is 0 Å². The molecule has 0 amide bonds. The van der Waals surface area contributed by atoms with Crippen molar-refractivity contribution in [2.24, 2.45) is 35.5 Å². The molecule has 2 aliphatic carbocycles. The molecule has 24 heteroatoms. The van der Waals surface area contributed by atoms with Crippen molar-refractivity contribution in [3.63, 3.8) is 0 Å². The van der Waals surface area contributed by atoms with Crippen LogP contribution >= 0.6 is 88.3 Å². The van der Waals surface area contributed by atoms with Gasteiger partial charge >= 0.3 is 35.2 Å². The third kappa shape index (κ3) is 36.0. The molecule has 0 aliphatic heterocycles. The van der Waals surface area contributed by atoms with E-state index in [0.717, 1.165) is 108 Å². The summed E-state index contributed by atoms with van der Waals surface area (Å²) >= 11 is 4.40. The normalized spacial score (nSPS) is 21.0. The molecule has 0 N–H and O–H groups in total. The van der Waals surface area contributed by atoms with Crippen molar-refractivity contribution in [2.45, 2.75) is 234 Å². The van der Waals surface area contributed by atoms with Gasteiger partial charge in [0, 0.05) is 148 Å². The summed E-state index contributed by atoms with van der Waals surface area (Å²) in [5, 5.41) is 1.28. The topological polar surface area (TPSA) is 111 Å². The van der Waals surface area contributed by atoms with Gasteiger partial charge < -0.3 is 53.1 Å². The summed E-state index contributed by atoms with van der Waals surface area (Å²) in [5.74, 6) is 14.2. The molecule has 0 aromatic heterocycles. The molecule has 0 radical (unpaired) electrons. The van der Waals surface area contributed by atoms with Gasteiger partial charge in [0.1, 0.15) is 0 Å². The van der Waals surface area contributed by atoms with Gasteiger partial charge in [-0.3, -0.25) is 0 Å². The highest BCUT2D eigenvalue weighted by molar-refractivity contribution is 8.77. The van der Waals surface area contributed by atoms with Gasteiger partial charge in [-0.25, -0.2) is 0 Å². The fourth-order valence-electron chi connectivity index (χ4n) is 12.9. The minimum Gasteiger partial charge on any atom is -0.374 e. The molecular weight excluding hydrogens is 1310 g/mol. The van der Waals surface area contributed by atoms with E-state index in [1.807, 2.05) is 21.6 Å². The van der Waals surface area contributed by atoms with Crippen LogP contribution in [0.1, 0.15) is 200 Å². The second-order valence-corrected chi connectivity index (χ2v) is 44.5. The molecule has 0 aromatic rings. The fourth-order valence-corrected chi connectivity index (χ4v) is 33.8. The zero-order chi connectivity index (χ0) is 63.0. The molecule has 8 atom stereocenters. The van der Waals surface area contributed by atoms with E-state index in [0.29, 0.717) is 89.8 Å². The van der Waals surface area contributed by atoms with Crippen molar-refractivity contribution in [1.29, 1.82) is 0 Å². The molecule has 0 bridgehead atoms. The maximum absolute atomic E-state index is 6.23. The van der Waals surface area contributed by atoms with Crippen molar-refractivity contribution in [2.75, 3.05) is 125 Å². The molecule has 12 nitrogen and oxygen atoms in total. The lowest BCUT2D eigenvalue weighted by Crippen LogP contribution is -2.46. The highest BCUT2D eigenvalue weighted by atomic mass is 33.1. The number of rotatable bonds is 59. The molecule has 0 aromatic carbocycles. The summed E-state index contributed by atoms with van der Waals surface area (Å²) in [6.07, 6.45) is 20.6. The van der Waals surface area contributed by atoms with Crippen LogP contribution in [0.3, 0.4) is 0 Å². The van der Waals surface area contributed by atoms with Gasteiger partial charge in [-0.2, -0.15) is 23.5 Å². The predicted molar refractivity (Wildman–Crippen MR) is 395 cm³/mol. The van der Waals surface area contributed by atoms with Gasteiger partial charge in [0.2, 0.25) is 0 Å². The zero-order valence-corrected chi connectivity index (χ0v) is 67.6. The van der Waals surface area contributed by atoms with Gasteiger partial charge in [0.25, 0.3) is 0 Å². The van der Waals surface area contributed by atoms with Crippen LogP contribution in [0, 0.1) is 35.5 Å². The maximum atomic E-state index is 6.23. The van der Waals surface area contributed by atoms with Crippen LogP contribution in [-0.4, -0.2) is 171 Å². The molecule has 2 fully saturated rings. The summed E-state index contributed by atoms with van der Waals surface area (Å²) < 4.78 is 74.3. The first-order valence-electron chi connectivity index (χ1n) is 34.5. The lowest BCUT2D eigenvalue weighted by Gasteiger charge is -2.32. The fraction of sp³-hybridized carbons (Fsp3) is 1.00. The Bertz CT molecular complexity index is 1380. The minimum atomic E-state index is -2.63.